The molecule has 0 radical (unpaired) electrons. The summed E-state index contributed by atoms with van der Waals surface area (Å²) < 4.78 is 6.63. The summed E-state index contributed by atoms with van der Waals surface area (Å²) in [5.41, 5.74) is 1.75. The number of aromatic nitrogens is 6. The van der Waals surface area contributed by atoms with Crippen LogP contribution in [0.2, 0.25) is 0 Å². The van der Waals surface area contributed by atoms with Crippen LogP contribution >= 0.6 is 0 Å². The molecule has 7 nitrogen and oxygen atoms in total. The molecule has 1 aliphatic heterocycles. The van der Waals surface area contributed by atoms with Gasteiger partial charge in [0.05, 0.1) is 24.2 Å². The van der Waals surface area contributed by atoms with Crippen molar-refractivity contribution in [2.24, 2.45) is 0 Å². The Morgan fingerprint density at radius 3 is 3.00 bits per heavy atom. The molecular formula is C8H8N6O. The third-order valence-electron chi connectivity index (χ3n) is 2.19. The number of hydrogen-bond donors (Lipinski definition) is 0. The van der Waals surface area contributed by atoms with E-state index < -0.39 is 0 Å². The Labute approximate surface area is 85.1 Å². The molecule has 1 aliphatic rings. The molecule has 0 N–H and O–H groups in total. The molecule has 0 amide bonds. The van der Waals surface area contributed by atoms with Crippen molar-refractivity contribution in [3.63, 3.8) is 0 Å². The van der Waals surface area contributed by atoms with Crippen LogP contribution < -0.4 is 0 Å². The van der Waals surface area contributed by atoms with E-state index in [9.17, 15) is 0 Å². The fraction of sp³-hybridized carbons (Fsp3) is 0.375. The molecule has 0 bridgehead atoms. The summed E-state index contributed by atoms with van der Waals surface area (Å²) in [6, 6.07) is 0. The van der Waals surface area contributed by atoms with E-state index in [0.29, 0.717) is 5.82 Å². The van der Waals surface area contributed by atoms with Crippen LogP contribution in [0.4, 0.5) is 0 Å². The Bertz CT molecular complexity index is 478. The minimum Gasteiger partial charge on any atom is -0.366 e. The number of aryl methyl sites for hydroxylation is 1. The van der Waals surface area contributed by atoms with Gasteiger partial charge in [-0.15, -0.1) is 5.10 Å². The van der Waals surface area contributed by atoms with Gasteiger partial charge in [-0.25, -0.2) is 4.98 Å². The Morgan fingerprint density at radius 1 is 1.53 bits per heavy atom. The summed E-state index contributed by atoms with van der Waals surface area (Å²) in [6.45, 7) is 2.64. The topological polar surface area (TPSA) is 81.9 Å². The summed E-state index contributed by atoms with van der Waals surface area (Å²) in [4.78, 5) is 8.65. The molecule has 1 saturated heterocycles. The first-order valence-electron chi connectivity index (χ1n) is 4.53. The van der Waals surface area contributed by atoms with Gasteiger partial charge in [-0.2, -0.15) is 4.68 Å². The normalized spacial score (nSPS) is 19.1. The van der Waals surface area contributed by atoms with Crippen molar-refractivity contribution in [3.8, 4) is 5.82 Å². The Kier molecular flexibility index (Phi) is 1.72. The van der Waals surface area contributed by atoms with Crippen LogP contribution in [-0.4, -0.2) is 36.8 Å². The zero-order valence-electron chi connectivity index (χ0n) is 8.03. The van der Waals surface area contributed by atoms with Crippen molar-refractivity contribution in [1.82, 2.24) is 30.2 Å². The first-order valence-corrected chi connectivity index (χ1v) is 4.53. The monoisotopic (exact) mass is 204 g/mol. The van der Waals surface area contributed by atoms with E-state index in [1.54, 1.807) is 6.20 Å². The summed E-state index contributed by atoms with van der Waals surface area (Å²) in [6.07, 6.45) is 3.25. The molecule has 0 aromatic carbocycles. The first kappa shape index (κ1) is 8.42. The standard InChI is InChI=1S/C8H8N6O/c1-5-8(6-3-15-6)9-2-7(11-5)14-4-10-12-13-14/h2,4,6H,3H2,1H3. The van der Waals surface area contributed by atoms with Crippen molar-refractivity contribution in [1.29, 1.82) is 0 Å². The highest BCUT2D eigenvalue weighted by molar-refractivity contribution is 5.24. The van der Waals surface area contributed by atoms with Crippen LogP contribution in [0.1, 0.15) is 17.5 Å². The lowest BCUT2D eigenvalue weighted by Crippen LogP contribution is -2.04. The van der Waals surface area contributed by atoms with E-state index in [0.717, 1.165) is 18.0 Å². The fourth-order valence-corrected chi connectivity index (χ4v) is 1.38. The molecule has 3 heterocycles. The van der Waals surface area contributed by atoms with E-state index in [1.807, 2.05) is 6.92 Å². The van der Waals surface area contributed by atoms with Crippen LogP contribution in [0, 0.1) is 6.92 Å². The number of ether oxygens (including phenoxy) is 1. The minimum absolute atomic E-state index is 0.125. The van der Waals surface area contributed by atoms with Crippen LogP contribution in [0.15, 0.2) is 12.5 Å². The molecule has 3 rings (SSSR count). The van der Waals surface area contributed by atoms with Gasteiger partial charge < -0.3 is 4.74 Å². The van der Waals surface area contributed by atoms with Gasteiger partial charge in [-0.1, -0.05) is 0 Å². The highest BCUT2D eigenvalue weighted by Crippen LogP contribution is 2.29. The molecule has 7 heteroatoms. The second-order valence-corrected chi connectivity index (χ2v) is 3.28. The van der Waals surface area contributed by atoms with Crippen molar-refractivity contribution >= 4 is 0 Å². The molecule has 76 valence electrons. The minimum atomic E-state index is 0.125. The first-order chi connectivity index (χ1) is 7.34. The van der Waals surface area contributed by atoms with Crippen LogP contribution in [0.5, 0.6) is 0 Å². The third kappa shape index (κ3) is 1.46. The second kappa shape index (κ2) is 3.06. The van der Waals surface area contributed by atoms with E-state index in [2.05, 4.69) is 25.5 Å². The predicted molar refractivity (Wildman–Crippen MR) is 48.2 cm³/mol. The molecule has 1 atom stereocenters. The van der Waals surface area contributed by atoms with E-state index >= 15 is 0 Å². The third-order valence-corrected chi connectivity index (χ3v) is 2.19. The number of rotatable bonds is 2. The Hall–Kier alpha value is -1.89. The summed E-state index contributed by atoms with van der Waals surface area (Å²) in [7, 11) is 0. The van der Waals surface area contributed by atoms with Crippen molar-refractivity contribution in [2.75, 3.05) is 6.61 Å². The summed E-state index contributed by atoms with van der Waals surface area (Å²) in [5, 5.41) is 10.8. The van der Waals surface area contributed by atoms with Crippen molar-refractivity contribution in [3.05, 3.63) is 23.9 Å². The predicted octanol–water partition coefficient (Wildman–Crippen LogP) is -0.168. The molecule has 0 aliphatic carbocycles. The van der Waals surface area contributed by atoms with E-state index in [-0.39, 0.29) is 6.10 Å². The zero-order chi connectivity index (χ0) is 10.3. The van der Waals surface area contributed by atoms with E-state index in [1.165, 1.54) is 11.0 Å². The number of epoxide rings is 1. The van der Waals surface area contributed by atoms with Gasteiger partial charge in [0.25, 0.3) is 0 Å². The summed E-state index contributed by atoms with van der Waals surface area (Å²) >= 11 is 0. The lowest BCUT2D eigenvalue weighted by molar-refractivity contribution is 0.409. The second-order valence-electron chi connectivity index (χ2n) is 3.28. The maximum Gasteiger partial charge on any atom is 0.175 e. The van der Waals surface area contributed by atoms with Gasteiger partial charge in [-0.05, 0) is 17.4 Å². The maximum atomic E-state index is 5.16. The van der Waals surface area contributed by atoms with Gasteiger partial charge >= 0.3 is 0 Å². The van der Waals surface area contributed by atoms with Crippen LogP contribution in [0.25, 0.3) is 5.82 Å². The molecule has 2 aromatic heterocycles. The maximum absolute atomic E-state index is 5.16. The number of tetrazole rings is 1. The lowest BCUT2D eigenvalue weighted by atomic mass is 10.2. The number of nitrogens with zero attached hydrogens (tertiary/aromatic N) is 6. The van der Waals surface area contributed by atoms with Crippen LogP contribution in [0.3, 0.4) is 0 Å². The lowest BCUT2D eigenvalue weighted by Gasteiger charge is -2.02. The largest absolute Gasteiger partial charge is 0.366 e. The van der Waals surface area contributed by atoms with Gasteiger partial charge in [0.1, 0.15) is 12.4 Å². The number of hydrogen-bond acceptors (Lipinski definition) is 6. The van der Waals surface area contributed by atoms with Gasteiger partial charge in [0.2, 0.25) is 0 Å². The quantitative estimate of drug-likeness (QED) is 0.632. The molecule has 0 spiro atoms. The molecule has 1 unspecified atom stereocenters. The Morgan fingerprint density at radius 2 is 2.40 bits per heavy atom. The van der Waals surface area contributed by atoms with Gasteiger partial charge in [0, 0.05) is 0 Å². The molecule has 1 fully saturated rings. The van der Waals surface area contributed by atoms with Crippen LogP contribution in [-0.2, 0) is 4.74 Å². The SMILES string of the molecule is Cc1nc(-n2cnnn2)cnc1C1CO1. The Balaban J connectivity index is 2.01. The fourth-order valence-electron chi connectivity index (χ4n) is 1.38. The van der Waals surface area contributed by atoms with Crippen molar-refractivity contribution in [2.45, 2.75) is 13.0 Å². The molecule has 0 saturated carbocycles. The summed E-state index contributed by atoms with van der Waals surface area (Å²) in [5.74, 6) is 0.613. The average molecular weight is 204 g/mol. The van der Waals surface area contributed by atoms with Crippen molar-refractivity contribution < 1.29 is 4.74 Å². The molecule has 15 heavy (non-hydrogen) atoms. The average Bonchev–Trinajstić information content (AvgIpc) is 2.93. The molecule has 2 aromatic rings. The molecular weight excluding hydrogens is 196 g/mol. The highest BCUT2D eigenvalue weighted by Gasteiger charge is 2.28. The zero-order valence-corrected chi connectivity index (χ0v) is 8.03. The highest BCUT2D eigenvalue weighted by atomic mass is 16.6. The van der Waals surface area contributed by atoms with E-state index in [4.69, 9.17) is 4.74 Å². The smallest absolute Gasteiger partial charge is 0.175 e. The van der Waals surface area contributed by atoms with Gasteiger partial charge in [0.15, 0.2) is 5.82 Å². The van der Waals surface area contributed by atoms with Gasteiger partial charge in [-0.3, -0.25) is 4.98 Å².